The smallest absolute Gasteiger partial charge is 0.280 e. The SMILES string of the molecule is CC(C)NS(=O)(=O)N1CCNCC12CCCCC2. The van der Waals surface area contributed by atoms with Crippen LogP contribution < -0.4 is 10.0 Å². The molecule has 1 saturated carbocycles. The van der Waals surface area contributed by atoms with Crippen LogP contribution in [0.2, 0.25) is 0 Å². The molecule has 0 aromatic rings. The normalized spacial score (nSPS) is 25.7. The van der Waals surface area contributed by atoms with Gasteiger partial charge in [0.25, 0.3) is 10.2 Å². The third-order valence-corrected chi connectivity index (χ3v) is 5.85. The van der Waals surface area contributed by atoms with E-state index in [1.807, 2.05) is 13.8 Å². The lowest BCUT2D eigenvalue weighted by Crippen LogP contribution is -2.65. The zero-order valence-electron chi connectivity index (χ0n) is 11.4. The average molecular weight is 275 g/mol. The molecular formula is C12H25N3O2S. The van der Waals surface area contributed by atoms with Crippen LogP contribution in [0.5, 0.6) is 0 Å². The van der Waals surface area contributed by atoms with E-state index in [1.54, 1.807) is 4.31 Å². The Morgan fingerprint density at radius 2 is 1.89 bits per heavy atom. The van der Waals surface area contributed by atoms with Gasteiger partial charge in [0.15, 0.2) is 0 Å². The highest BCUT2D eigenvalue weighted by Crippen LogP contribution is 2.35. The summed E-state index contributed by atoms with van der Waals surface area (Å²) < 4.78 is 29.4. The molecule has 0 radical (unpaired) electrons. The van der Waals surface area contributed by atoms with Crippen molar-refractivity contribution < 1.29 is 8.42 Å². The van der Waals surface area contributed by atoms with E-state index in [2.05, 4.69) is 10.0 Å². The second-order valence-electron chi connectivity index (χ2n) is 5.81. The summed E-state index contributed by atoms with van der Waals surface area (Å²) in [7, 11) is -3.35. The van der Waals surface area contributed by atoms with Crippen molar-refractivity contribution >= 4 is 10.2 Å². The van der Waals surface area contributed by atoms with Gasteiger partial charge in [0.05, 0.1) is 0 Å². The standard InChI is InChI=1S/C12H25N3O2S/c1-11(2)14-18(16,17)15-9-8-13-10-12(15)6-4-3-5-7-12/h11,13-14H,3-10H2,1-2H3. The van der Waals surface area contributed by atoms with Gasteiger partial charge in [0, 0.05) is 31.2 Å². The fourth-order valence-corrected chi connectivity index (χ4v) is 5.01. The van der Waals surface area contributed by atoms with E-state index in [0.717, 1.165) is 38.8 Å². The highest BCUT2D eigenvalue weighted by Gasteiger charge is 2.45. The molecular weight excluding hydrogens is 250 g/mol. The van der Waals surface area contributed by atoms with Crippen LogP contribution in [0, 0.1) is 0 Å². The third kappa shape index (κ3) is 2.87. The van der Waals surface area contributed by atoms with E-state index >= 15 is 0 Å². The first-order valence-electron chi connectivity index (χ1n) is 6.97. The minimum atomic E-state index is -3.35. The molecule has 0 aromatic carbocycles. The van der Waals surface area contributed by atoms with E-state index in [4.69, 9.17) is 0 Å². The van der Waals surface area contributed by atoms with Crippen LogP contribution in [-0.2, 0) is 10.2 Å². The largest absolute Gasteiger partial charge is 0.314 e. The number of nitrogens with one attached hydrogen (secondary N) is 2. The van der Waals surface area contributed by atoms with Gasteiger partial charge >= 0.3 is 0 Å². The van der Waals surface area contributed by atoms with Crippen LogP contribution in [0.3, 0.4) is 0 Å². The highest BCUT2D eigenvalue weighted by atomic mass is 32.2. The second kappa shape index (κ2) is 5.45. The second-order valence-corrected chi connectivity index (χ2v) is 7.44. The van der Waals surface area contributed by atoms with E-state index in [-0.39, 0.29) is 11.6 Å². The van der Waals surface area contributed by atoms with Gasteiger partial charge in [0.1, 0.15) is 0 Å². The summed E-state index contributed by atoms with van der Waals surface area (Å²) in [5.41, 5.74) is -0.183. The number of rotatable bonds is 3. The van der Waals surface area contributed by atoms with Crippen molar-refractivity contribution in [1.82, 2.24) is 14.3 Å². The van der Waals surface area contributed by atoms with Crippen molar-refractivity contribution in [2.24, 2.45) is 0 Å². The minimum Gasteiger partial charge on any atom is -0.314 e. The summed E-state index contributed by atoms with van der Waals surface area (Å²) in [4.78, 5) is 0. The van der Waals surface area contributed by atoms with E-state index in [0.29, 0.717) is 6.54 Å². The molecule has 0 atom stereocenters. The third-order valence-electron chi connectivity index (χ3n) is 3.93. The molecule has 5 nitrogen and oxygen atoms in total. The van der Waals surface area contributed by atoms with Crippen molar-refractivity contribution in [2.75, 3.05) is 19.6 Å². The number of piperazine rings is 1. The quantitative estimate of drug-likeness (QED) is 0.802. The zero-order valence-corrected chi connectivity index (χ0v) is 12.2. The number of hydrogen-bond donors (Lipinski definition) is 2. The predicted molar refractivity (Wildman–Crippen MR) is 72.6 cm³/mol. The average Bonchev–Trinajstić information content (AvgIpc) is 2.28. The first kappa shape index (κ1) is 14.2. The Bertz CT molecular complexity index is 367. The summed E-state index contributed by atoms with van der Waals surface area (Å²) in [6.07, 6.45) is 5.47. The summed E-state index contributed by atoms with van der Waals surface area (Å²) in [6, 6.07) is -0.0504. The fourth-order valence-electron chi connectivity index (χ4n) is 3.20. The van der Waals surface area contributed by atoms with Gasteiger partial charge in [0.2, 0.25) is 0 Å². The number of nitrogens with zero attached hydrogens (tertiary/aromatic N) is 1. The minimum absolute atomic E-state index is 0.0504. The topological polar surface area (TPSA) is 61.4 Å². The fraction of sp³-hybridized carbons (Fsp3) is 1.00. The summed E-state index contributed by atoms with van der Waals surface area (Å²) in [6.45, 7) is 5.87. The van der Waals surface area contributed by atoms with Crippen molar-refractivity contribution in [3.63, 3.8) is 0 Å². The maximum atomic E-state index is 12.5. The lowest BCUT2D eigenvalue weighted by Gasteiger charge is -2.48. The Labute approximate surface area is 110 Å². The Morgan fingerprint density at radius 1 is 1.22 bits per heavy atom. The van der Waals surface area contributed by atoms with Crippen LogP contribution in [0.4, 0.5) is 0 Å². The molecule has 2 fully saturated rings. The summed E-state index contributed by atoms with van der Waals surface area (Å²) in [5, 5.41) is 3.37. The van der Waals surface area contributed by atoms with Gasteiger partial charge in [-0.15, -0.1) is 0 Å². The molecule has 0 unspecified atom stereocenters. The van der Waals surface area contributed by atoms with Gasteiger partial charge in [-0.3, -0.25) is 0 Å². The molecule has 1 heterocycles. The molecule has 0 bridgehead atoms. The molecule has 6 heteroatoms. The van der Waals surface area contributed by atoms with Crippen molar-refractivity contribution in [3.05, 3.63) is 0 Å². The zero-order chi connectivity index (χ0) is 13.2. The molecule has 1 spiro atoms. The first-order valence-corrected chi connectivity index (χ1v) is 8.41. The predicted octanol–water partition coefficient (Wildman–Crippen LogP) is 0.837. The Hall–Kier alpha value is -0.170. The van der Waals surface area contributed by atoms with Gasteiger partial charge < -0.3 is 5.32 Å². The van der Waals surface area contributed by atoms with Crippen LogP contribution >= 0.6 is 0 Å². The molecule has 0 aromatic heterocycles. The highest BCUT2D eigenvalue weighted by molar-refractivity contribution is 7.87. The van der Waals surface area contributed by atoms with Crippen molar-refractivity contribution in [2.45, 2.75) is 57.5 Å². The van der Waals surface area contributed by atoms with Gasteiger partial charge in [-0.05, 0) is 26.7 Å². The van der Waals surface area contributed by atoms with E-state index in [1.165, 1.54) is 6.42 Å². The Kier molecular flexibility index (Phi) is 4.31. The summed E-state index contributed by atoms with van der Waals surface area (Å²) in [5.74, 6) is 0. The maximum absolute atomic E-state index is 12.5. The van der Waals surface area contributed by atoms with Crippen LogP contribution in [0.15, 0.2) is 0 Å². The molecule has 1 aliphatic carbocycles. The lowest BCUT2D eigenvalue weighted by molar-refractivity contribution is 0.0993. The van der Waals surface area contributed by atoms with Crippen LogP contribution in [0.25, 0.3) is 0 Å². The summed E-state index contributed by atoms with van der Waals surface area (Å²) >= 11 is 0. The molecule has 2 aliphatic rings. The molecule has 18 heavy (non-hydrogen) atoms. The molecule has 106 valence electrons. The maximum Gasteiger partial charge on any atom is 0.280 e. The van der Waals surface area contributed by atoms with Gasteiger partial charge in [-0.1, -0.05) is 19.3 Å². The molecule has 1 aliphatic heterocycles. The van der Waals surface area contributed by atoms with Crippen LogP contribution in [-0.4, -0.2) is 43.9 Å². The van der Waals surface area contributed by atoms with Gasteiger partial charge in [-0.25, -0.2) is 0 Å². The monoisotopic (exact) mass is 275 g/mol. The molecule has 2 N–H and O–H groups in total. The van der Waals surface area contributed by atoms with E-state index in [9.17, 15) is 8.42 Å². The van der Waals surface area contributed by atoms with Crippen LogP contribution in [0.1, 0.15) is 46.0 Å². The molecule has 0 amide bonds. The van der Waals surface area contributed by atoms with Gasteiger partial charge in [-0.2, -0.15) is 17.4 Å². The Balaban J connectivity index is 2.22. The first-order chi connectivity index (χ1) is 8.46. The number of hydrogen-bond acceptors (Lipinski definition) is 3. The van der Waals surface area contributed by atoms with Crippen molar-refractivity contribution in [3.8, 4) is 0 Å². The van der Waals surface area contributed by atoms with E-state index < -0.39 is 10.2 Å². The molecule has 1 saturated heterocycles. The lowest BCUT2D eigenvalue weighted by atomic mass is 9.80. The Morgan fingerprint density at radius 3 is 2.50 bits per heavy atom. The molecule has 2 rings (SSSR count). The van der Waals surface area contributed by atoms with Crippen molar-refractivity contribution in [1.29, 1.82) is 0 Å².